The zero-order chi connectivity index (χ0) is 17.3. The average Bonchev–Trinajstić information content (AvgIpc) is 2.82. The Kier molecular flexibility index (Phi) is 4.42. The number of anilines is 1. The van der Waals surface area contributed by atoms with Crippen LogP contribution < -0.4 is 11.1 Å². The first-order valence-electron chi connectivity index (χ1n) is 7.27. The molecule has 3 aromatic rings. The molecule has 3 rings (SSSR count). The lowest BCUT2D eigenvalue weighted by Gasteiger charge is -2.11. The molecule has 2 N–H and O–H groups in total. The summed E-state index contributed by atoms with van der Waals surface area (Å²) in [7, 11) is 1.61. The van der Waals surface area contributed by atoms with Gasteiger partial charge < -0.3 is 14.8 Å². The molecule has 1 unspecified atom stereocenters. The number of carbonyl (C=O) groups is 1. The van der Waals surface area contributed by atoms with Gasteiger partial charge in [-0.1, -0.05) is 23.7 Å². The second-order valence-electron chi connectivity index (χ2n) is 5.43. The lowest BCUT2D eigenvalue weighted by Crippen LogP contribution is -2.15. The van der Waals surface area contributed by atoms with E-state index < -0.39 is 11.9 Å². The third-order valence-corrected chi connectivity index (χ3v) is 3.96. The zero-order valence-corrected chi connectivity index (χ0v) is 13.6. The van der Waals surface area contributed by atoms with E-state index in [9.17, 15) is 14.7 Å². The molecule has 24 heavy (non-hydrogen) atoms. The predicted molar refractivity (Wildman–Crippen MR) is 91.1 cm³/mol. The van der Waals surface area contributed by atoms with E-state index in [0.717, 1.165) is 0 Å². The molecule has 0 bridgehead atoms. The summed E-state index contributed by atoms with van der Waals surface area (Å²) >= 11 is 5.80. The summed E-state index contributed by atoms with van der Waals surface area (Å²) in [5.74, 6) is -0.818. The van der Waals surface area contributed by atoms with Crippen LogP contribution in [-0.2, 0) is 11.8 Å². The molecule has 1 atom stereocenters. The highest BCUT2D eigenvalue weighted by Gasteiger charge is 2.14. The number of hydrogen-bond donors (Lipinski definition) is 2. The Bertz CT molecular complexity index is 943. The van der Waals surface area contributed by atoms with Crippen molar-refractivity contribution in [2.75, 3.05) is 5.32 Å². The number of carbonyl (C=O) groups excluding carboxylic acids is 1. The van der Waals surface area contributed by atoms with E-state index in [1.165, 1.54) is 4.57 Å². The Morgan fingerprint density at radius 1 is 1.29 bits per heavy atom. The van der Waals surface area contributed by atoms with Crippen LogP contribution in [-0.4, -0.2) is 15.6 Å². The Morgan fingerprint density at radius 2 is 2.00 bits per heavy atom. The molecule has 2 aromatic carbocycles. The van der Waals surface area contributed by atoms with E-state index in [1.54, 1.807) is 49.5 Å². The van der Waals surface area contributed by atoms with Crippen molar-refractivity contribution in [1.82, 2.24) is 4.57 Å². The number of nitrogens with zero attached hydrogens (tertiary/aromatic N) is 1. The summed E-state index contributed by atoms with van der Waals surface area (Å²) in [6, 6.07) is 11.6. The second kappa shape index (κ2) is 6.51. The van der Waals surface area contributed by atoms with Crippen LogP contribution >= 0.6 is 11.6 Å². The highest BCUT2D eigenvalue weighted by Crippen LogP contribution is 2.21. The fraction of sp³-hybridized carbons (Fsp3) is 0.176. The van der Waals surface area contributed by atoms with E-state index in [0.29, 0.717) is 27.4 Å². The summed E-state index contributed by atoms with van der Waals surface area (Å²) in [4.78, 5) is 23.5. The van der Waals surface area contributed by atoms with Crippen molar-refractivity contribution in [3.8, 4) is 0 Å². The molecular formula is C17H15ClN2O4. The molecule has 1 aromatic heterocycles. The monoisotopic (exact) mass is 346 g/mol. The largest absolute Gasteiger partial charge is 0.419 e. The van der Waals surface area contributed by atoms with Crippen LogP contribution in [0.4, 0.5) is 5.69 Å². The summed E-state index contributed by atoms with van der Waals surface area (Å²) in [5, 5.41) is 13.3. The third kappa shape index (κ3) is 3.34. The predicted octanol–water partition coefficient (Wildman–Crippen LogP) is 2.85. The van der Waals surface area contributed by atoms with Crippen LogP contribution in [0.25, 0.3) is 11.1 Å². The minimum absolute atomic E-state index is 0.0988. The standard InChI is InChI=1S/C17H15ClN2O4/c1-20-13-7-6-12(8-15(13)24-17(20)23)19-16(22)9-14(21)10-2-4-11(18)5-3-10/h2-8,14,21H,9H2,1H3,(H,19,22). The smallest absolute Gasteiger partial charge is 0.408 e. The van der Waals surface area contributed by atoms with Gasteiger partial charge in [0.25, 0.3) is 0 Å². The van der Waals surface area contributed by atoms with Crippen molar-refractivity contribution in [1.29, 1.82) is 0 Å². The van der Waals surface area contributed by atoms with E-state index in [1.807, 2.05) is 0 Å². The van der Waals surface area contributed by atoms with Crippen molar-refractivity contribution in [2.45, 2.75) is 12.5 Å². The molecule has 0 radical (unpaired) electrons. The number of hydrogen-bond acceptors (Lipinski definition) is 4. The first-order chi connectivity index (χ1) is 11.4. The number of aromatic nitrogens is 1. The number of aryl methyl sites for hydroxylation is 1. The summed E-state index contributed by atoms with van der Waals surface area (Å²) in [5.41, 5.74) is 2.13. The van der Waals surface area contributed by atoms with E-state index in [2.05, 4.69) is 5.32 Å². The van der Waals surface area contributed by atoms with Gasteiger partial charge in [-0.05, 0) is 29.8 Å². The summed E-state index contributed by atoms with van der Waals surface area (Å²) in [6.45, 7) is 0. The maximum Gasteiger partial charge on any atom is 0.419 e. The van der Waals surface area contributed by atoms with Crippen molar-refractivity contribution in [2.24, 2.45) is 7.05 Å². The van der Waals surface area contributed by atoms with Crippen LogP contribution in [0.3, 0.4) is 0 Å². The van der Waals surface area contributed by atoms with Crippen LogP contribution in [0, 0.1) is 0 Å². The molecule has 0 fully saturated rings. The lowest BCUT2D eigenvalue weighted by atomic mass is 10.1. The van der Waals surface area contributed by atoms with Gasteiger partial charge in [-0.25, -0.2) is 4.79 Å². The van der Waals surface area contributed by atoms with Crippen molar-refractivity contribution >= 4 is 34.3 Å². The molecule has 7 heteroatoms. The Morgan fingerprint density at radius 3 is 2.71 bits per heavy atom. The molecule has 0 saturated heterocycles. The lowest BCUT2D eigenvalue weighted by molar-refractivity contribution is -0.118. The SMILES string of the molecule is Cn1c(=O)oc2cc(NC(=O)CC(O)c3ccc(Cl)cc3)ccc21. The number of amides is 1. The van der Waals surface area contributed by atoms with Crippen LogP contribution in [0.2, 0.25) is 5.02 Å². The molecule has 1 amide bonds. The third-order valence-electron chi connectivity index (χ3n) is 3.71. The van der Waals surface area contributed by atoms with Gasteiger partial charge in [-0.15, -0.1) is 0 Å². The highest BCUT2D eigenvalue weighted by atomic mass is 35.5. The minimum atomic E-state index is -0.930. The van der Waals surface area contributed by atoms with Gasteiger partial charge in [0.2, 0.25) is 5.91 Å². The highest BCUT2D eigenvalue weighted by molar-refractivity contribution is 6.30. The first-order valence-corrected chi connectivity index (χ1v) is 7.65. The van der Waals surface area contributed by atoms with Gasteiger partial charge >= 0.3 is 5.76 Å². The van der Waals surface area contributed by atoms with Gasteiger partial charge in [0, 0.05) is 23.8 Å². The maximum absolute atomic E-state index is 12.1. The van der Waals surface area contributed by atoms with E-state index in [-0.39, 0.29) is 12.3 Å². The maximum atomic E-state index is 12.1. The number of aliphatic hydroxyl groups is 1. The fourth-order valence-electron chi connectivity index (χ4n) is 2.40. The molecule has 0 spiro atoms. The van der Waals surface area contributed by atoms with Gasteiger partial charge in [0.15, 0.2) is 5.58 Å². The quantitative estimate of drug-likeness (QED) is 0.760. The number of benzene rings is 2. The fourth-order valence-corrected chi connectivity index (χ4v) is 2.53. The number of aliphatic hydroxyl groups excluding tert-OH is 1. The molecule has 124 valence electrons. The topological polar surface area (TPSA) is 84.5 Å². The summed E-state index contributed by atoms with van der Waals surface area (Å²) < 4.78 is 6.46. The molecule has 0 saturated carbocycles. The second-order valence-corrected chi connectivity index (χ2v) is 5.87. The summed E-state index contributed by atoms with van der Waals surface area (Å²) in [6.07, 6.45) is -1.03. The van der Waals surface area contributed by atoms with Crippen LogP contribution in [0.5, 0.6) is 0 Å². The van der Waals surface area contributed by atoms with Crippen molar-refractivity contribution < 1.29 is 14.3 Å². The normalized spacial score (nSPS) is 12.3. The zero-order valence-electron chi connectivity index (χ0n) is 12.8. The molecule has 1 heterocycles. The van der Waals surface area contributed by atoms with Gasteiger partial charge in [-0.2, -0.15) is 0 Å². The minimum Gasteiger partial charge on any atom is -0.408 e. The number of halogens is 1. The van der Waals surface area contributed by atoms with Gasteiger partial charge in [0.05, 0.1) is 18.0 Å². The molecule has 0 aliphatic carbocycles. The van der Waals surface area contributed by atoms with E-state index >= 15 is 0 Å². The van der Waals surface area contributed by atoms with Crippen molar-refractivity contribution in [3.63, 3.8) is 0 Å². The number of fused-ring (bicyclic) bond motifs is 1. The Labute approximate surface area is 142 Å². The molecule has 0 aliphatic rings. The molecular weight excluding hydrogens is 332 g/mol. The van der Waals surface area contributed by atoms with Crippen LogP contribution in [0.15, 0.2) is 51.7 Å². The Balaban J connectivity index is 1.70. The Hall–Kier alpha value is -2.57. The number of oxazole rings is 1. The van der Waals surface area contributed by atoms with Crippen LogP contribution in [0.1, 0.15) is 18.1 Å². The first kappa shape index (κ1) is 16.3. The molecule has 6 nitrogen and oxygen atoms in total. The molecule has 0 aliphatic heterocycles. The number of nitrogens with one attached hydrogen (secondary N) is 1. The van der Waals surface area contributed by atoms with Gasteiger partial charge in [-0.3, -0.25) is 9.36 Å². The van der Waals surface area contributed by atoms with E-state index in [4.69, 9.17) is 16.0 Å². The number of rotatable bonds is 4. The van der Waals surface area contributed by atoms with Crippen molar-refractivity contribution in [3.05, 3.63) is 63.6 Å². The average molecular weight is 347 g/mol. The van der Waals surface area contributed by atoms with Gasteiger partial charge in [0.1, 0.15) is 0 Å².